The summed E-state index contributed by atoms with van der Waals surface area (Å²) in [7, 11) is 1.33. The van der Waals surface area contributed by atoms with Crippen molar-refractivity contribution in [3.63, 3.8) is 0 Å². The zero-order valence-corrected chi connectivity index (χ0v) is 19.1. The van der Waals surface area contributed by atoms with E-state index in [-0.39, 0.29) is 12.0 Å². The number of hydrogen-bond acceptors (Lipinski definition) is 6. The van der Waals surface area contributed by atoms with E-state index in [9.17, 15) is 9.59 Å². The second kappa shape index (κ2) is 8.17. The van der Waals surface area contributed by atoms with Crippen LogP contribution in [0.15, 0.2) is 6.07 Å². The van der Waals surface area contributed by atoms with E-state index < -0.39 is 23.5 Å². The molecular weight excluding hydrogens is 410 g/mol. The summed E-state index contributed by atoms with van der Waals surface area (Å²) in [6, 6.07) is 1.61. The first-order valence-corrected chi connectivity index (χ1v) is 10.6. The van der Waals surface area contributed by atoms with Crippen LogP contribution in [0.1, 0.15) is 69.3 Å². The van der Waals surface area contributed by atoms with Crippen LogP contribution in [-0.4, -0.2) is 36.6 Å². The summed E-state index contributed by atoms with van der Waals surface area (Å²) in [5.74, 6) is -0.304. The highest BCUT2D eigenvalue weighted by atomic mass is 35.5. The van der Waals surface area contributed by atoms with Crippen LogP contribution in [0.4, 0.5) is 4.79 Å². The van der Waals surface area contributed by atoms with E-state index in [1.807, 2.05) is 27.7 Å². The quantitative estimate of drug-likeness (QED) is 0.667. The van der Waals surface area contributed by atoms with Crippen LogP contribution in [0.2, 0.25) is 5.02 Å². The van der Waals surface area contributed by atoms with Crippen molar-refractivity contribution in [1.82, 2.24) is 5.32 Å². The molecule has 166 valence electrons. The Morgan fingerprint density at radius 2 is 1.77 bits per heavy atom. The Balaban J connectivity index is 1.67. The van der Waals surface area contributed by atoms with Gasteiger partial charge in [-0.2, -0.15) is 0 Å². The molecule has 1 atom stereocenters. The Bertz CT molecular complexity index is 841. The van der Waals surface area contributed by atoms with Gasteiger partial charge in [0.15, 0.2) is 11.5 Å². The maximum atomic E-state index is 12.0. The van der Waals surface area contributed by atoms with Gasteiger partial charge in [0.05, 0.1) is 17.7 Å². The van der Waals surface area contributed by atoms with E-state index in [0.29, 0.717) is 27.6 Å². The van der Waals surface area contributed by atoms with Crippen molar-refractivity contribution in [3.8, 4) is 11.5 Å². The second-order valence-electron chi connectivity index (χ2n) is 9.10. The number of hydrogen-bond donors (Lipinski definition) is 1. The molecular formula is C22H30ClNO6. The van der Waals surface area contributed by atoms with Gasteiger partial charge in [-0.1, -0.05) is 11.6 Å². The van der Waals surface area contributed by atoms with Crippen molar-refractivity contribution in [1.29, 1.82) is 0 Å². The topological polar surface area (TPSA) is 83.1 Å². The number of carbonyl (C=O) groups is 2. The van der Waals surface area contributed by atoms with Crippen molar-refractivity contribution in [2.24, 2.45) is 5.92 Å². The third-order valence-electron chi connectivity index (χ3n) is 5.64. The van der Waals surface area contributed by atoms with Crippen molar-refractivity contribution >= 4 is 23.7 Å². The van der Waals surface area contributed by atoms with Gasteiger partial charge in [0, 0.05) is 24.4 Å². The first kappa shape index (κ1) is 22.5. The second-order valence-corrected chi connectivity index (χ2v) is 9.50. The van der Waals surface area contributed by atoms with Gasteiger partial charge >= 0.3 is 12.1 Å². The summed E-state index contributed by atoms with van der Waals surface area (Å²) in [6.07, 6.45) is 2.82. The molecule has 0 aromatic heterocycles. The molecule has 8 heteroatoms. The number of ether oxygens (including phenoxy) is 4. The fourth-order valence-electron chi connectivity index (χ4n) is 4.07. The summed E-state index contributed by atoms with van der Waals surface area (Å²) < 4.78 is 22.6. The predicted octanol–water partition coefficient (Wildman–Crippen LogP) is 5.01. The number of methoxy groups -OCH3 is 1. The van der Waals surface area contributed by atoms with Gasteiger partial charge in [0.25, 0.3) is 5.79 Å². The molecule has 2 aliphatic rings. The van der Waals surface area contributed by atoms with Crippen LogP contribution < -0.4 is 14.8 Å². The molecule has 1 unspecified atom stereocenters. The standard InChI is InChI=1S/C22H30ClNO6/c1-12-15(19(25)27-6)11-16(23)18-17(12)28-22(5,29-18)13-7-9-14(10-8-13)24-20(26)30-21(2,3)4/h11,13-14H,7-10H2,1-6H3,(H,24,26)/t13-,14-,22?. The molecule has 1 amide bonds. The molecule has 30 heavy (non-hydrogen) atoms. The van der Waals surface area contributed by atoms with E-state index in [4.69, 9.17) is 30.5 Å². The summed E-state index contributed by atoms with van der Waals surface area (Å²) in [5.41, 5.74) is 0.483. The lowest BCUT2D eigenvalue weighted by molar-refractivity contribution is -0.121. The van der Waals surface area contributed by atoms with Crippen molar-refractivity contribution in [2.75, 3.05) is 7.11 Å². The minimum absolute atomic E-state index is 0.0553. The fraction of sp³-hybridized carbons (Fsp3) is 0.636. The van der Waals surface area contributed by atoms with Crippen LogP contribution in [0.3, 0.4) is 0 Å². The molecule has 1 aliphatic heterocycles. The van der Waals surface area contributed by atoms with Crippen LogP contribution in [0.25, 0.3) is 0 Å². The molecule has 7 nitrogen and oxygen atoms in total. The average molecular weight is 440 g/mol. The maximum Gasteiger partial charge on any atom is 0.407 e. The Morgan fingerprint density at radius 3 is 2.33 bits per heavy atom. The van der Waals surface area contributed by atoms with Crippen molar-refractivity contribution in [2.45, 2.75) is 77.7 Å². The van der Waals surface area contributed by atoms with Crippen molar-refractivity contribution in [3.05, 3.63) is 22.2 Å². The minimum atomic E-state index is -0.887. The lowest BCUT2D eigenvalue weighted by atomic mass is 9.81. The summed E-state index contributed by atoms with van der Waals surface area (Å²) in [4.78, 5) is 24.1. The lowest BCUT2D eigenvalue weighted by Gasteiger charge is -2.37. The number of esters is 1. The van der Waals surface area contributed by atoms with Gasteiger partial charge in [-0.25, -0.2) is 9.59 Å². The molecule has 1 fully saturated rings. The Morgan fingerprint density at radius 1 is 1.17 bits per heavy atom. The summed E-state index contributed by atoms with van der Waals surface area (Å²) >= 11 is 6.37. The Kier molecular flexibility index (Phi) is 6.14. The molecule has 0 saturated heterocycles. The highest BCUT2D eigenvalue weighted by Crippen LogP contribution is 2.51. The Labute approximate surface area is 182 Å². The van der Waals surface area contributed by atoms with Gasteiger partial charge in [-0.05, 0) is 59.4 Å². The SMILES string of the molecule is COC(=O)c1cc(Cl)c2c(c1C)OC(C)([C@H]1CC[C@H](NC(=O)OC(C)(C)C)CC1)O2. The highest BCUT2D eigenvalue weighted by Gasteiger charge is 2.47. The highest BCUT2D eigenvalue weighted by molar-refractivity contribution is 6.32. The normalized spacial score (nSPS) is 25.6. The molecule has 0 spiro atoms. The fourth-order valence-corrected chi connectivity index (χ4v) is 4.30. The van der Waals surface area contributed by atoms with E-state index in [1.165, 1.54) is 7.11 Å². The molecule has 1 aromatic rings. The van der Waals surface area contributed by atoms with Gasteiger partial charge < -0.3 is 24.3 Å². The zero-order chi connectivity index (χ0) is 22.3. The third-order valence-corrected chi connectivity index (χ3v) is 5.92. The number of amides is 1. The van der Waals surface area contributed by atoms with Gasteiger partial charge in [0.2, 0.25) is 0 Å². The summed E-state index contributed by atoms with van der Waals surface area (Å²) in [5, 5.41) is 3.26. The first-order chi connectivity index (χ1) is 13.9. The number of alkyl carbamates (subject to hydrolysis) is 1. The molecule has 1 N–H and O–H groups in total. The molecule has 3 rings (SSSR count). The zero-order valence-electron chi connectivity index (χ0n) is 18.4. The van der Waals surface area contributed by atoms with Crippen molar-refractivity contribution < 1.29 is 28.5 Å². The largest absolute Gasteiger partial charge is 0.465 e. The first-order valence-electron chi connectivity index (χ1n) is 10.2. The smallest absolute Gasteiger partial charge is 0.407 e. The monoisotopic (exact) mass is 439 g/mol. The number of halogens is 1. The van der Waals surface area contributed by atoms with E-state index in [2.05, 4.69) is 5.32 Å². The summed E-state index contributed by atoms with van der Waals surface area (Å²) in [6.45, 7) is 9.21. The molecule has 1 saturated carbocycles. The molecule has 0 bridgehead atoms. The maximum absolute atomic E-state index is 12.0. The lowest BCUT2D eigenvalue weighted by Crippen LogP contribution is -2.48. The average Bonchev–Trinajstić information content (AvgIpc) is 3.03. The van der Waals surface area contributed by atoms with Gasteiger partial charge in [-0.3, -0.25) is 0 Å². The van der Waals surface area contributed by atoms with Gasteiger partial charge in [0.1, 0.15) is 5.60 Å². The van der Waals surface area contributed by atoms with Crippen LogP contribution in [0.5, 0.6) is 11.5 Å². The number of fused-ring (bicyclic) bond motifs is 1. The molecule has 1 aromatic carbocycles. The van der Waals surface area contributed by atoms with Gasteiger partial charge in [-0.15, -0.1) is 0 Å². The van der Waals surface area contributed by atoms with Crippen LogP contribution >= 0.6 is 11.6 Å². The van der Waals surface area contributed by atoms with E-state index in [1.54, 1.807) is 13.0 Å². The molecule has 1 aliphatic carbocycles. The number of nitrogens with one attached hydrogen (secondary N) is 1. The third kappa shape index (κ3) is 4.61. The predicted molar refractivity (Wildman–Crippen MR) is 112 cm³/mol. The molecule has 1 heterocycles. The number of rotatable bonds is 3. The number of benzene rings is 1. The van der Waals surface area contributed by atoms with E-state index in [0.717, 1.165) is 25.7 Å². The minimum Gasteiger partial charge on any atom is -0.465 e. The van der Waals surface area contributed by atoms with Crippen LogP contribution in [0, 0.1) is 12.8 Å². The van der Waals surface area contributed by atoms with E-state index >= 15 is 0 Å². The van der Waals surface area contributed by atoms with Crippen LogP contribution in [-0.2, 0) is 9.47 Å². The number of carbonyl (C=O) groups excluding carboxylic acids is 2. The molecule has 0 radical (unpaired) electrons. The Hall–Kier alpha value is -2.15.